The Labute approximate surface area is 162 Å². The van der Waals surface area contributed by atoms with Crippen molar-refractivity contribution in [3.05, 3.63) is 88.1 Å². The van der Waals surface area contributed by atoms with Crippen molar-refractivity contribution in [3.8, 4) is 0 Å². The van der Waals surface area contributed by atoms with Crippen LogP contribution < -0.4 is 10.2 Å². The topological polar surface area (TPSA) is 49.4 Å². The molecule has 2 aromatic carbocycles. The van der Waals surface area contributed by atoms with Crippen molar-refractivity contribution >= 4 is 28.8 Å². The number of aryl methyl sites for hydroxylation is 1. The van der Waals surface area contributed by atoms with Crippen LogP contribution in [0.3, 0.4) is 0 Å². The van der Waals surface area contributed by atoms with Crippen LogP contribution in [-0.4, -0.2) is 18.4 Å². The molecule has 136 valence electrons. The maximum atomic E-state index is 13.5. The molecule has 0 spiro atoms. The summed E-state index contributed by atoms with van der Waals surface area (Å²) in [4.78, 5) is 28.5. The molecule has 0 saturated carbocycles. The minimum atomic E-state index is -0.716. The molecule has 3 aromatic rings. The van der Waals surface area contributed by atoms with Crippen LogP contribution in [-0.2, 0) is 11.2 Å². The first-order chi connectivity index (χ1) is 13.2. The van der Waals surface area contributed by atoms with Crippen LogP contribution in [0.25, 0.3) is 0 Å². The molecule has 27 heavy (non-hydrogen) atoms. The van der Waals surface area contributed by atoms with Gasteiger partial charge in [-0.25, -0.2) is 0 Å². The van der Waals surface area contributed by atoms with Gasteiger partial charge in [0.2, 0.25) is 0 Å². The van der Waals surface area contributed by atoms with Crippen molar-refractivity contribution in [2.45, 2.75) is 18.9 Å². The van der Waals surface area contributed by atoms with E-state index >= 15 is 0 Å². The number of hydrogen-bond acceptors (Lipinski definition) is 3. The molecule has 2 heterocycles. The molecule has 1 aliphatic heterocycles. The van der Waals surface area contributed by atoms with E-state index in [-0.39, 0.29) is 11.8 Å². The smallest absolute Gasteiger partial charge is 0.262 e. The molecule has 1 atom stereocenters. The highest BCUT2D eigenvalue weighted by atomic mass is 32.1. The second-order valence-electron chi connectivity index (χ2n) is 6.52. The number of nitrogens with one attached hydrogen (secondary N) is 1. The van der Waals surface area contributed by atoms with Crippen LogP contribution in [0.4, 0.5) is 5.69 Å². The minimum Gasteiger partial charge on any atom is -0.336 e. The zero-order valence-corrected chi connectivity index (χ0v) is 15.6. The first kappa shape index (κ1) is 17.5. The fraction of sp³-hybridized carbons (Fsp3) is 0.182. The molecule has 0 aliphatic carbocycles. The van der Waals surface area contributed by atoms with Gasteiger partial charge in [-0.2, -0.15) is 0 Å². The third-order valence-corrected chi connectivity index (χ3v) is 5.65. The highest BCUT2D eigenvalue weighted by Gasteiger charge is 2.31. The number of carbonyl (C=O) groups is 2. The number of rotatable bonds is 4. The van der Waals surface area contributed by atoms with Gasteiger partial charge in [0, 0.05) is 12.2 Å². The van der Waals surface area contributed by atoms with Crippen molar-refractivity contribution in [1.29, 1.82) is 0 Å². The number of hydrogen-bond donors (Lipinski definition) is 1. The van der Waals surface area contributed by atoms with Crippen molar-refractivity contribution in [1.82, 2.24) is 5.32 Å². The fourth-order valence-corrected chi connectivity index (χ4v) is 4.09. The number of nitrogens with zero attached hydrogens (tertiary/aromatic N) is 1. The lowest BCUT2D eigenvalue weighted by Gasteiger charge is -2.32. The third kappa shape index (κ3) is 3.64. The van der Waals surface area contributed by atoms with Gasteiger partial charge in [-0.05, 0) is 41.5 Å². The summed E-state index contributed by atoms with van der Waals surface area (Å²) < 4.78 is 0. The van der Waals surface area contributed by atoms with Gasteiger partial charge in [0.1, 0.15) is 6.04 Å². The Morgan fingerprint density at radius 2 is 1.74 bits per heavy atom. The molecule has 0 unspecified atom stereocenters. The normalized spacial score (nSPS) is 14.3. The zero-order chi connectivity index (χ0) is 18.6. The van der Waals surface area contributed by atoms with Crippen LogP contribution >= 0.6 is 11.3 Å². The predicted molar refractivity (Wildman–Crippen MR) is 108 cm³/mol. The summed E-state index contributed by atoms with van der Waals surface area (Å²) in [5, 5.41) is 4.80. The van der Waals surface area contributed by atoms with E-state index in [9.17, 15) is 9.59 Å². The summed E-state index contributed by atoms with van der Waals surface area (Å²) in [6, 6.07) is 20.3. The average molecular weight is 376 g/mol. The zero-order valence-electron chi connectivity index (χ0n) is 14.8. The monoisotopic (exact) mass is 376 g/mol. The Bertz CT molecular complexity index is 938. The Hall–Kier alpha value is -2.92. The summed E-state index contributed by atoms with van der Waals surface area (Å²) >= 11 is 1.37. The molecule has 0 fully saturated rings. The van der Waals surface area contributed by atoms with Gasteiger partial charge >= 0.3 is 0 Å². The number of thiophene rings is 1. The molecule has 1 aliphatic rings. The van der Waals surface area contributed by atoms with Gasteiger partial charge in [0.25, 0.3) is 11.8 Å². The van der Waals surface area contributed by atoms with E-state index in [2.05, 4.69) is 11.4 Å². The molecule has 0 radical (unpaired) electrons. The number of amides is 2. The summed E-state index contributed by atoms with van der Waals surface area (Å²) in [5.41, 5.74) is 2.91. The first-order valence-corrected chi connectivity index (χ1v) is 9.90. The largest absolute Gasteiger partial charge is 0.336 e. The number of anilines is 1. The molecule has 5 heteroatoms. The van der Waals surface area contributed by atoms with Gasteiger partial charge in [-0.15, -0.1) is 11.3 Å². The van der Waals surface area contributed by atoms with Gasteiger partial charge in [-0.3, -0.25) is 9.59 Å². The lowest BCUT2D eigenvalue weighted by atomic mass is 9.99. The van der Waals surface area contributed by atoms with Crippen molar-refractivity contribution < 1.29 is 9.59 Å². The number of para-hydroxylation sites is 1. The van der Waals surface area contributed by atoms with Crippen LogP contribution in [0.2, 0.25) is 0 Å². The lowest BCUT2D eigenvalue weighted by Crippen LogP contribution is -2.45. The van der Waals surface area contributed by atoms with E-state index in [0.29, 0.717) is 11.4 Å². The highest BCUT2D eigenvalue weighted by molar-refractivity contribution is 7.12. The fourth-order valence-electron chi connectivity index (χ4n) is 3.46. The second kappa shape index (κ2) is 7.76. The van der Waals surface area contributed by atoms with Gasteiger partial charge in [-0.1, -0.05) is 54.6 Å². The van der Waals surface area contributed by atoms with Crippen molar-refractivity contribution in [2.75, 3.05) is 11.4 Å². The van der Waals surface area contributed by atoms with Gasteiger partial charge in [0.05, 0.1) is 4.88 Å². The standard InChI is InChI=1S/C22H20N2O2S/c25-21(19-13-7-15-27-19)23-20(17-9-2-1-3-10-17)22(26)24-14-6-11-16-8-4-5-12-18(16)24/h1-5,7-10,12-13,15,20H,6,11,14H2,(H,23,25)/t20-/m1/s1. The van der Waals surface area contributed by atoms with Crippen molar-refractivity contribution in [3.63, 3.8) is 0 Å². The first-order valence-electron chi connectivity index (χ1n) is 9.02. The van der Waals surface area contributed by atoms with E-state index in [1.165, 1.54) is 16.9 Å². The molecule has 4 rings (SSSR count). The molecule has 0 bridgehead atoms. The Morgan fingerprint density at radius 1 is 0.963 bits per heavy atom. The molecule has 1 N–H and O–H groups in total. The van der Waals surface area contributed by atoms with E-state index in [1.54, 1.807) is 6.07 Å². The van der Waals surface area contributed by atoms with Crippen LogP contribution in [0.15, 0.2) is 72.1 Å². The Kier molecular flexibility index (Phi) is 5.03. The van der Waals surface area contributed by atoms with Gasteiger partial charge in [0.15, 0.2) is 0 Å². The van der Waals surface area contributed by atoms with Crippen LogP contribution in [0.5, 0.6) is 0 Å². The minimum absolute atomic E-state index is 0.0988. The second-order valence-corrected chi connectivity index (χ2v) is 7.46. The molecular formula is C22H20N2O2S. The average Bonchev–Trinajstić information content (AvgIpc) is 3.27. The SMILES string of the molecule is O=C(N[C@@H](C(=O)N1CCCc2ccccc21)c1ccccc1)c1cccs1. The van der Waals surface area contributed by atoms with Crippen LogP contribution in [0.1, 0.15) is 33.3 Å². The summed E-state index contributed by atoms with van der Waals surface area (Å²) in [7, 11) is 0. The summed E-state index contributed by atoms with van der Waals surface area (Å²) in [5.74, 6) is -0.323. The van der Waals surface area contributed by atoms with E-state index in [4.69, 9.17) is 0 Å². The number of benzene rings is 2. The molecular weight excluding hydrogens is 356 g/mol. The Morgan fingerprint density at radius 3 is 2.52 bits per heavy atom. The maximum Gasteiger partial charge on any atom is 0.262 e. The van der Waals surface area contributed by atoms with Crippen molar-refractivity contribution in [2.24, 2.45) is 0 Å². The van der Waals surface area contributed by atoms with Crippen LogP contribution in [0, 0.1) is 0 Å². The molecule has 2 amide bonds. The molecule has 1 aromatic heterocycles. The lowest BCUT2D eigenvalue weighted by molar-refractivity contribution is -0.120. The van der Waals surface area contributed by atoms with E-state index < -0.39 is 6.04 Å². The third-order valence-electron chi connectivity index (χ3n) is 4.78. The molecule has 4 nitrogen and oxygen atoms in total. The van der Waals surface area contributed by atoms with Gasteiger partial charge < -0.3 is 10.2 Å². The number of fused-ring (bicyclic) bond motifs is 1. The predicted octanol–water partition coefficient (Wildman–Crippen LogP) is 4.20. The van der Waals surface area contributed by atoms with E-state index in [1.807, 2.05) is 64.9 Å². The number of carbonyl (C=O) groups excluding carboxylic acids is 2. The molecule has 0 saturated heterocycles. The highest BCUT2D eigenvalue weighted by Crippen LogP contribution is 2.29. The quantitative estimate of drug-likeness (QED) is 0.742. The summed E-state index contributed by atoms with van der Waals surface area (Å²) in [6.07, 6.45) is 1.89. The maximum absolute atomic E-state index is 13.5. The Balaban J connectivity index is 1.67. The van der Waals surface area contributed by atoms with E-state index in [0.717, 1.165) is 24.1 Å². The summed E-state index contributed by atoms with van der Waals surface area (Å²) in [6.45, 7) is 0.661.